The zero-order valence-electron chi connectivity index (χ0n) is 16.3. The fraction of sp³-hybridized carbons (Fsp3) is 0.667. The lowest BCUT2D eigenvalue weighted by atomic mass is 9.87. The number of likely N-dealkylation sites (tertiary alicyclic amines) is 1. The lowest BCUT2D eigenvalue weighted by Crippen LogP contribution is -2.39. The summed E-state index contributed by atoms with van der Waals surface area (Å²) in [6, 6.07) is 8.68. The van der Waals surface area contributed by atoms with Crippen LogP contribution in [0, 0.1) is 0 Å². The molecule has 0 radical (unpaired) electrons. The Hall–Kier alpha value is -1.55. The van der Waals surface area contributed by atoms with Gasteiger partial charge in [0, 0.05) is 19.1 Å². The molecule has 0 aromatic heterocycles. The Morgan fingerprint density at radius 2 is 1.96 bits per heavy atom. The Morgan fingerprint density at radius 1 is 1.24 bits per heavy atom. The Bertz CT molecular complexity index is 534. The van der Waals surface area contributed by atoms with E-state index in [1.807, 2.05) is 12.1 Å². The van der Waals surface area contributed by atoms with Crippen LogP contribution in [0.25, 0.3) is 0 Å². The summed E-state index contributed by atoms with van der Waals surface area (Å²) in [5.41, 5.74) is 1.39. The summed E-state index contributed by atoms with van der Waals surface area (Å²) in [6.07, 6.45) is 4.95. The molecule has 25 heavy (non-hydrogen) atoms. The number of benzene rings is 1. The minimum atomic E-state index is -0.0495. The van der Waals surface area contributed by atoms with Gasteiger partial charge < -0.3 is 15.0 Å². The quantitative estimate of drug-likeness (QED) is 0.765. The Labute approximate surface area is 152 Å². The van der Waals surface area contributed by atoms with Crippen molar-refractivity contribution in [2.24, 2.45) is 0 Å². The van der Waals surface area contributed by atoms with E-state index in [1.54, 1.807) is 0 Å². The SMILES string of the molecule is CC1CCCCN1CCCNC(=O)COc1ccc(C(C)(C)C)cc1. The molecule has 0 spiro atoms. The first-order valence-electron chi connectivity index (χ1n) is 9.60. The van der Waals surface area contributed by atoms with Crippen molar-refractivity contribution in [3.05, 3.63) is 29.8 Å². The van der Waals surface area contributed by atoms with E-state index in [9.17, 15) is 4.79 Å². The number of rotatable bonds is 7. The number of carbonyl (C=O) groups is 1. The molecule has 1 aromatic carbocycles. The highest BCUT2D eigenvalue weighted by Gasteiger charge is 2.17. The van der Waals surface area contributed by atoms with Crippen LogP contribution in [-0.4, -0.2) is 43.1 Å². The molecule has 4 nitrogen and oxygen atoms in total. The Kier molecular flexibility index (Phi) is 7.30. The van der Waals surface area contributed by atoms with Gasteiger partial charge in [-0.15, -0.1) is 0 Å². The number of amides is 1. The monoisotopic (exact) mass is 346 g/mol. The van der Waals surface area contributed by atoms with Gasteiger partial charge in [-0.2, -0.15) is 0 Å². The van der Waals surface area contributed by atoms with Crippen molar-refractivity contribution < 1.29 is 9.53 Å². The Balaban J connectivity index is 1.62. The minimum Gasteiger partial charge on any atom is -0.484 e. The summed E-state index contributed by atoms with van der Waals surface area (Å²) in [6.45, 7) is 11.9. The molecule has 0 aliphatic carbocycles. The van der Waals surface area contributed by atoms with E-state index in [2.05, 4.69) is 50.0 Å². The fourth-order valence-corrected chi connectivity index (χ4v) is 3.25. The number of ether oxygens (including phenoxy) is 1. The topological polar surface area (TPSA) is 41.6 Å². The maximum Gasteiger partial charge on any atom is 0.257 e. The first-order valence-corrected chi connectivity index (χ1v) is 9.60. The molecule has 140 valence electrons. The minimum absolute atomic E-state index is 0.0495. The maximum atomic E-state index is 11.9. The van der Waals surface area contributed by atoms with Crippen LogP contribution in [0.3, 0.4) is 0 Å². The van der Waals surface area contributed by atoms with Gasteiger partial charge in [-0.25, -0.2) is 0 Å². The molecular formula is C21H34N2O2. The molecule has 1 saturated heterocycles. The molecule has 1 N–H and O–H groups in total. The molecule has 1 amide bonds. The van der Waals surface area contributed by atoms with Crippen molar-refractivity contribution in [2.75, 3.05) is 26.2 Å². The van der Waals surface area contributed by atoms with E-state index in [1.165, 1.54) is 31.4 Å². The van der Waals surface area contributed by atoms with E-state index in [0.29, 0.717) is 12.6 Å². The highest BCUT2D eigenvalue weighted by Crippen LogP contribution is 2.24. The molecule has 0 saturated carbocycles. The van der Waals surface area contributed by atoms with Gasteiger partial charge in [0.1, 0.15) is 5.75 Å². The lowest BCUT2D eigenvalue weighted by Gasteiger charge is -2.33. The van der Waals surface area contributed by atoms with Crippen LogP contribution in [0.5, 0.6) is 5.75 Å². The number of carbonyl (C=O) groups excluding carboxylic acids is 1. The van der Waals surface area contributed by atoms with Crippen LogP contribution in [-0.2, 0) is 10.2 Å². The smallest absolute Gasteiger partial charge is 0.257 e. The molecule has 1 fully saturated rings. The lowest BCUT2D eigenvalue weighted by molar-refractivity contribution is -0.123. The highest BCUT2D eigenvalue weighted by molar-refractivity contribution is 5.77. The van der Waals surface area contributed by atoms with Gasteiger partial charge in [-0.3, -0.25) is 4.79 Å². The average molecular weight is 347 g/mol. The van der Waals surface area contributed by atoms with E-state index in [0.717, 1.165) is 18.7 Å². The fourth-order valence-electron chi connectivity index (χ4n) is 3.25. The maximum absolute atomic E-state index is 11.9. The normalized spacial score (nSPS) is 18.8. The third kappa shape index (κ3) is 6.69. The molecule has 1 atom stereocenters. The standard InChI is InChI=1S/C21H34N2O2/c1-17-8-5-6-14-23(17)15-7-13-22-20(24)16-25-19-11-9-18(10-12-19)21(2,3)4/h9-12,17H,5-8,13-16H2,1-4H3,(H,22,24). The van der Waals surface area contributed by atoms with E-state index in [4.69, 9.17) is 4.74 Å². The van der Waals surface area contributed by atoms with E-state index in [-0.39, 0.29) is 17.9 Å². The van der Waals surface area contributed by atoms with Gasteiger partial charge >= 0.3 is 0 Å². The molecule has 1 unspecified atom stereocenters. The van der Waals surface area contributed by atoms with Crippen molar-refractivity contribution in [1.82, 2.24) is 10.2 Å². The van der Waals surface area contributed by atoms with Crippen LogP contribution >= 0.6 is 0 Å². The summed E-state index contributed by atoms with van der Waals surface area (Å²) in [5, 5.41) is 2.95. The third-order valence-electron chi connectivity index (χ3n) is 4.98. The first-order chi connectivity index (χ1) is 11.9. The van der Waals surface area contributed by atoms with Crippen molar-refractivity contribution in [1.29, 1.82) is 0 Å². The number of nitrogens with zero attached hydrogens (tertiary/aromatic N) is 1. The number of nitrogens with one attached hydrogen (secondary N) is 1. The van der Waals surface area contributed by atoms with Gasteiger partial charge in [0.2, 0.25) is 0 Å². The summed E-state index contributed by atoms with van der Waals surface area (Å²) in [4.78, 5) is 14.4. The predicted octanol–water partition coefficient (Wildman–Crippen LogP) is 3.74. The van der Waals surface area contributed by atoms with Crippen LogP contribution < -0.4 is 10.1 Å². The number of piperidine rings is 1. The zero-order valence-corrected chi connectivity index (χ0v) is 16.3. The summed E-state index contributed by atoms with van der Waals surface area (Å²) >= 11 is 0. The predicted molar refractivity (Wildman–Crippen MR) is 103 cm³/mol. The zero-order chi connectivity index (χ0) is 18.3. The Morgan fingerprint density at radius 3 is 2.60 bits per heavy atom. The third-order valence-corrected chi connectivity index (χ3v) is 4.98. The second-order valence-electron chi connectivity index (χ2n) is 8.15. The molecule has 1 heterocycles. The first kappa shape index (κ1) is 19.8. The average Bonchev–Trinajstić information content (AvgIpc) is 2.58. The van der Waals surface area contributed by atoms with Crippen molar-refractivity contribution in [3.63, 3.8) is 0 Å². The van der Waals surface area contributed by atoms with Gasteiger partial charge in [0.05, 0.1) is 0 Å². The van der Waals surface area contributed by atoms with Gasteiger partial charge in [0.15, 0.2) is 6.61 Å². The molecular weight excluding hydrogens is 312 g/mol. The van der Waals surface area contributed by atoms with Crippen LogP contribution in [0.4, 0.5) is 0 Å². The second-order valence-corrected chi connectivity index (χ2v) is 8.15. The van der Waals surface area contributed by atoms with E-state index < -0.39 is 0 Å². The van der Waals surface area contributed by atoms with Gasteiger partial charge in [0.25, 0.3) is 5.91 Å². The van der Waals surface area contributed by atoms with Crippen molar-refractivity contribution in [2.45, 2.75) is 64.8 Å². The van der Waals surface area contributed by atoms with Crippen molar-refractivity contribution in [3.8, 4) is 5.75 Å². The van der Waals surface area contributed by atoms with Gasteiger partial charge in [-0.05, 0) is 55.8 Å². The van der Waals surface area contributed by atoms with Crippen LogP contribution in [0.15, 0.2) is 24.3 Å². The van der Waals surface area contributed by atoms with Crippen molar-refractivity contribution >= 4 is 5.91 Å². The molecule has 2 rings (SSSR count). The summed E-state index contributed by atoms with van der Waals surface area (Å²) < 4.78 is 5.58. The number of hydrogen-bond acceptors (Lipinski definition) is 3. The van der Waals surface area contributed by atoms with Crippen LogP contribution in [0.2, 0.25) is 0 Å². The molecule has 0 bridgehead atoms. The summed E-state index contributed by atoms with van der Waals surface area (Å²) in [5.74, 6) is 0.692. The summed E-state index contributed by atoms with van der Waals surface area (Å²) in [7, 11) is 0. The second kappa shape index (κ2) is 9.23. The van der Waals surface area contributed by atoms with Gasteiger partial charge in [-0.1, -0.05) is 39.3 Å². The molecule has 1 aliphatic heterocycles. The highest BCUT2D eigenvalue weighted by atomic mass is 16.5. The largest absolute Gasteiger partial charge is 0.484 e. The van der Waals surface area contributed by atoms with Crippen LogP contribution in [0.1, 0.15) is 58.9 Å². The molecule has 1 aliphatic rings. The molecule has 1 aromatic rings. The van der Waals surface area contributed by atoms with E-state index >= 15 is 0 Å². The number of hydrogen-bond donors (Lipinski definition) is 1. The molecule has 4 heteroatoms.